The van der Waals surface area contributed by atoms with E-state index in [0.717, 1.165) is 16.8 Å². The summed E-state index contributed by atoms with van der Waals surface area (Å²) in [5.41, 5.74) is 4.13. The molecule has 0 fully saturated rings. The summed E-state index contributed by atoms with van der Waals surface area (Å²) < 4.78 is 5.36. The minimum Gasteiger partial charge on any atom is -0.463 e. The molecule has 1 aliphatic heterocycles. The van der Waals surface area contributed by atoms with E-state index in [1.54, 1.807) is 13.8 Å². The zero-order chi connectivity index (χ0) is 22.0. The van der Waals surface area contributed by atoms with E-state index in [1.165, 1.54) is 0 Å². The van der Waals surface area contributed by atoms with Crippen molar-refractivity contribution >= 4 is 23.3 Å². The van der Waals surface area contributed by atoms with E-state index in [-0.39, 0.29) is 6.61 Å². The minimum absolute atomic E-state index is 0.266. The first-order valence-electron chi connectivity index (χ1n) is 10.2. The van der Waals surface area contributed by atoms with Crippen molar-refractivity contribution in [1.82, 2.24) is 9.97 Å². The van der Waals surface area contributed by atoms with Crippen LogP contribution in [0, 0.1) is 6.92 Å². The predicted octanol–water partition coefficient (Wildman–Crippen LogP) is 4.22. The number of H-pyrrole nitrogens is 1. The van der Waals surface area contributed by atoms with Gasteiger partial charge in [-0.3, -0.25) is 4.98 Å². The molecule has 31 heavy (non-hydrogen) atoms. The van der Waals surface area contributed by atoms with Crippen LogP contribution in [0.3, 0.4) is 0 Å². The van der Waals surface area contributed by atoms with Gasteiger partial charge in [0.05, 0.1) is 18.1 Å². The van der Waals surface area contributed by atoms with Crippen LogP contribution < -0.4 is 16.3 Å². The van der Waals surface area contributed by atoms with Gasteiger partial charge < -0.3 is 15.4 Å². The van der Waals surface area contributed by atoms with Gasteiger partial charge in [-0.25, -0.2) is 9.59 Å². The number of ether oxygens (including phenoxy) is 1. The fourth-order valence-corrected chi connectivity index (χ4v) is 3.80. The van der Waals surface area contributed by atoms with Crippen LogP contribution in [0.1, 0.15) is 36.5 Å². The van der Waals surface area contributed by atoms with Crippen LogP contribution in [-0.4, -0.2) is 22.5 Å². The number of carbonyl (C=O) groups is 1. The fourth-order valence-electron chi connectivity index (χ4n) is 3.80. The lowest BCUT2D eigenvalue weighted by molar-refractivity contribution is -0.138. The zero-order valence-corrected chi connectivity index (χ0v) is 17.7. The second-order valence-corrected chi connectivity index (χ2v) is 7.40. The molecule has 2 aromatic carbocycles. The van der Waals surface area contributed by atoms with Crippen LogP contribution in [0.25, 0.3) is 0 Å². The Balaban J connectivity index is 1.91. The van der Waals surface area contributed by atoms with Gasteiger partial charge in [-0.15, -0.1) is 0 Å². The number of fused-ring (bicyclic) bond motifs is 1. The van der Waals surface area contributed by atoms with Gasteiger partial charge in [-0.1, -0.05) is 48.0 Å². The quantitative estimate of drug-likeness (QED) is 0.539. The fraction of sp³-hybridized carbons (Fsp3) is 0.208. The molecular formula is C24H24N4O3. The van der Waals surface area contributed by atoms with Gasteiger partial charge in [0.2, 0.25) is 0 Å². The number of anilines is 3. The number of nitrogens with zero attached hydrogens (tertiary/aromatic N) is 1. The number of rotatable bonds is 5. The van der Waals surface area contributed by atoms with E-state index in [4.69, 9.17) is 4.74 Å². The zero-order valence-electron chi connectivity index (χ0n) is 17.7. The second-order valence-electron chi connectivity index (χ2n) is 7.40. The number of hydrogen-bond donors (Lipinski definition) is 3. The number of hydrogen-bond acceptors (Lipinski definition) is 6. The summed E-state index contributed by atoms with van der Waals surface area (Å²) in [6.07, 6.45) is 0. The number of aromatic amines is 1. The maximum atomic E-state index is 12.9. The topological polar surface area (TPSA) is 96.1 Å². The lowest BCUT2D eigenvalue weighted by Crippen LogP contribution is -2.29. The lowest BCUT2D eigenvalue weighted by Gasteiger charge is -2.30. The van der Waals surface area contributed by atoms with Crippen LogP contribution in [-0.2, 0) is 9.53 Å². The Hall–Kier alpha value is -3.87. The molecule has 3 N–H and O–H groups in total. The minimum atomic E-state index is -0.486. The van der Waals surface area contributed by atoms with Crippen LogP contribution in [0.4, 0.5) is 17.3 Å². The molecule has 0 bridgehead atoms. The molecule has 3 aromatic rings. The summed E-state index contributed by atoms with van der Waals surface area (Å²) >= 11 is 0. The van der Waals surface area contributed by atoms with Crippen molar-refractivity contribution in [3.8, 4) is 0 Å². The van der Waals surface area contributed by atoms with Crippen LogP contribution in [0.2, 0.25) is 0 Å². The van der Waals surface area contributed by atoms with Crippen molar-refractivity contribution < 1.29 is 9.53 Å². The molecule has 1 aromatic heterocycles. The van der Waals surface area contributed by atoms with Crippen molar-refractivity contribution in [3.63, 3.8) is 0 Å². The first kappa shape index (κ1) is 20.4. The molecule has 0 amide bonds. The van der Waals surface area contributed by atoms with E-state index < -0.39 is 17.6 Å². The molecule has 0 spiro atoms. The normalized spacial score (nSPS) is 15.1. The number of aryl methyl sites for hydroxylation is 1. The Kier molecular flexibility index (Phi) is 5.58. The summed E-state index contributed by atoms with van der Waals surface area (Å²) in [6, 6.07) is 17.5. The van der Waals surface area contributed by atoms with Crippen LogP contribution in [0.5, 0.6) is 0 Å². The van der Waals surface area contributed by atoms with E-state index in [1.807, 2.05) is 61.5 Å². The van der Waals surface area contributed by atoms with Gasteiger partial charge in [0, 0.05) is 16.9 Å². The molecule has 7 nitrogen and oxygen atoms in total. The van der Waals surface area contributed by atoms with Crippen LogP contribution >= 0.6 is 0 Å². The Morgan fingerprint density at radius 2 is 1.81 bits per heavy atom. The van der Waals surface area contributed by atoms with Gasteiger partial charge >= 0.3 is 11.7 Å². The highest BCUT2D eigenvalue weighted by Crippen LogP contribution is 2.44. The average molecular weight is 416 g/mol. The monoisotopic (exact) mass is 416 g/mol. The van der Waals surface area contributed by atoms with E-state index >= 15 is 0 Å². The van der Waals surface area contributed by atoms with Crippen molar-refractivity contribution in [2.45, 2.75) is 26.7 Å². The number of allylic oxidation sites excluding steroid dienone is 1. The molecule has 0 saturated heterocycles. The van der Waals surface area contributed by atoms with Crippen LogP contribution in [0.15, 0.2) is 70.7 Å². The SMILES string of the molecule is CCOC(=O)C1=C(C)Nc2nc(=O)[nH]c(Nc3ccc(C)cc3)c2[C@@H]1c1ccccc1. The molecule has 1 aliphatic rings. The van der Waals surface area contributed by atoms with Gasteiger partial charge in [0.1, 0.15) is 11.6 Å². The molecule has 0 aliphatic carbocycles. The first-order chi connectivity index (χ1) is 15.0. The standard InChI is InChI=1S/C24H24N4O3/c1-4-31-23(29)18-15(3)25-21-20(19(18)16-8-6-5-7-9-16)22(28-24(30)27-21)26-17-12-10-14(2)11-13-17/h5-13,19H,4H2,1-3H3,(H3,25,26,27,28,30)/t19-/m1/s1. The van der Waals surface area contributed by atoms with E-state index in [9.17, 15) is 9.59 Å². The lowest BCUT2D eigenvalue weighted by atomic mass is 9.82. The average Bonchev–Trinajstić information content (AvgIpc) is 2.75. The highest BCUT2D eigenvalue weighted by Gasteiger charge is 2.36. The molecule has 2 heterocycles. The molecular weight excluding hydrogens is 392 g/mol. The number of nitrogens with one attached hydrogen (secondary N) is 3. The summed E-state index contributed by atoms with van der Waals surface area (Å²) in [4.78, 5) is 32.2. The first-order valence-corrected chi connectivity index (χ1v) is 10.2. The Morgan fingerprint density at radius 1 is 1.10 bits per heavy atom. The number of benzene rings is 2. The predicted molar refractivity (Wildman–Crippen MR) is 121 cm³/mol. The largest absolute Gasteiger partial charge is 0.463 e. The molecule has 0 radical (unpaired) electrons. The molecule has 4 rings (SSSR count). The van der Waals surface area contributed by atoms with Gasteiger partial charge in [-0.2, -0.15) is 4.98 Å². The van der Waals surface area contributed by atoms with E-state index in [0.29, 0.717) is 28.5 Å². The number of esters is 1. The molecule has 0 unspecified atom stereocenters. The third-order valence-electron chi connectivity index (χ3n) is 5.21. The van der Waals surface area contributed by atoms with E-state index in [2.05, 4.69) is 20.6 Å². The molecule has 1 atom stereocenters. The van der Waals surface area contributed by atoms with Crippen molar-refractivity contribution in [2.75, 3.05) is 17.2 Å². The second kappa shape index (κ2) is 8.47. The third-order valence-corrected chi connectivity index (χ3v) is 5.21. The van der Waals surface area contributed by atoms with Crippen molar-refractivity contribution in [3.05, 3.63) is 93.0 Å². The summed E-state index contributed by atoms with van der Waals surface area (Å²) in [7, 11) is 0. The molecule has 0 saturated carbocycles. The molecule has 7 heteroatoms. The maximum Gasteiger partial charge on any atom is 0.348 e. The Morgan fingerprint density at radius 3 is 2.48 bits per heavy atom. The maximum absolute atomic E-state index is 12.9. The van der Waals surface area contributed by atoms with Gasteiger partial charge in [0.15, 0.2) is 0 Å². The Labute approximate surface area is 180 Å². The van der Waals surface area contributed by atoms with Gasteiger partial charge in [0.25, 0.3) is 0 Å². The highest BCUT2D eigenvalue weighted by atomic mass is 16.5. The summed E-state index contributed by atoms with van der Waals surface area (Å²) in [5.74, 6) is 0.0283. The number of aromatic nitrogens is 2. The smallest absolute Gasteiger partial charge is 0.348 e. The van der Waals surface area contributed by atoms with Crippen molar-refractivity contribution in [2.24, 2.45) is 0 Å². The number of carbonyl (C=O) groups excluding carboxylic acids is 1. The Bertz CT molecular complexity index is 1200. The van der Waals surface area contributed by atoms with Crippen molar-refractivity contribution in [1.29, 1.82) is 0 Å². The summed E-state index contributed by atoms with van der Waals surface area (Å²) in [6.45, 7) is 5.84. The molecule has 158 valence electrons. The summed E-state index contributed by atoms with van der Waals surface area (Å²) in [5, 5.41) is 6.43. The third kappa shape index (κ3) is 4.07. The van der Waals surface area contributed by atoms with Gasteiger partial charge in [-0.05, 0) is 38.5 Å². The highest BCUT2D eigenvalue weighted by molar-refractivity contribution is 5.95.